The molecule has 1 aliphatic heterocycles. The summed E-state index contributed by atoms with van der Waals surface area (Å²) in [6, 6.07) is 16.4. The fourth-order valence-electron chi connectivity index (χ4n) is 4.23. The van der Waals surface area contributed by atoms with Gasteiger partial charge in [-0.15, -0.1) is 11.3 Å². The minimum atomic E-state index is -3.45. The number of carbonyl (C=O) groups is 1. The van der Waals surface area contributed by atoms with Crippen molar-refractivity contribution >= 4 is 66.3 Å². The van der Waals surface area contributed by atoms with Crippen LogP contribution in [0.25, 0.3) is 10.2 Å². The fourth-order valence-corrected chi connectivity index (χ4v) is 5.53. The van der Waals surface area contributed by atoms with Crippen molar-refractivity contribution in [3.63, 3.8) is 0 Å². The van der Waals surface area contributed by atoms with Crippen molar-refractivity contribution in [3.8, 4) is 0 Å². The van der Waals surface area contributed by atoms with Gasteiger partial charge in [0.25, 0.3) is 5.91 Å². The number of aromatic nitrogens is 2. The van der Waals surface area contributed by atoms with E-state index >= 15 is 0 Å². The lowest BCUT2D eigenvalue weighted by Gasteiger charge is -2.23. The number of fused-ring (bicyclic) bond motifs is 1. The summed E-state index contributed by atoms with van der Waals surface area (Å²) >= 11 is 1.49. The number of amides is 1. The molecular formula is C26H29N7O3S2. The van der Waals surface area contributed by atoms with Crippen molar-refractivity contribution in [2.45, 2.75) is 18.9 Å². The number of hydrogen-bond donors (Lipinski definition) is 4. The molecule has 2 aromatic carbocycles. The second kappa shape index (κ2) is 10.9. The Kier molecular flexibility index (Phi) is 7.45. The first kappa shape index (κ1) is 25.9. The smallest absolute Gasteiger partial charge is 0.251 e. The molecule has 1 saturated heterocycles. The van der Waals surface area contributed by atoms with Crippen LogP contribution in [0.2, 0.25) is 0 Å². The summed E-state index contributed by atoms with van der Waals surface area (Å²) in [5, 5.41) is 14.8. The lowest BCUT2D eigenvalue weighted by atomic mass is 10.1. The van der Waals surface area contributed by atoms with Gasteiger partial charge in [0, 0.05) is 24.3 Å². The third-order valence-electron chi connectivity index (χ3n) is 6.38. The summed E-state index contributed by atoms with van der Waals surface area (Å²) in [4.78, 5) is 21.9. The Morgan fingerprint density at radius 3 is 2.50 bits per heavy atom. The van der Waals surface area contributed by atoms with Gasteiger partial charge in [0.1, 0.15) is 0 Å². The van der Waals surface area contributed by atoms with E-state index in [9.17, 15) is 13.2 Å². The highest BCUT2D eigenvalue weighted by atomic mass is 32.2. The second-order valence-corrected chi connectivity index (χ2v) is 12.0. The van der Waals surface area contributed by atoms with Gasteiger partial charge in [0.15, 0.2) is 5.82 Å². The van der Waals surface area contributed by atoms with Gasteiger partial charge in [-0.3, -0.25) is 9.10 Å². The third-order valence-corrected chi connectivity index (χ3v) is 8.48. The number of carbonyl (C=O) groups excluding carboxylic acids is 1. The number of rotatable bonds is 8. The molecule has 1 fully saturated rings. The molecule has 1 aliphatic rings. The van der Waals surface area contributed by atoms with Crippen molar-refractivity contribution in [3.05, 3.63) is 65.5 Å². The van der Waals surface area contributed by atoms with E-state index in [1.807, 2.05) is 29.6 Å². The van der Waals surface area contributed by atoms with E-state index in [-0.39, 0.29) is 11.9 Å². The highest BCUT2D eigenvalue weighted by Gasteiger charge is 2.18. The standard InChI is InChI=1S/C26H29N7O3S2/c1-33(38(2,35)36)22-6-4-3-5-20(22)30-24-23-21(13-16-37-23)31-26(32-24)29-18-9-7-17(8-10-18)25(34)28-19-11-14-27-15-12-19/h3-10,13,16,19,27H,11-12,14-15H2,1-2H3,(H,28,34)(H2,29,30,31,32). The SMILES string of the molecule is CN(c1ccccc1Nc1nc(Nc2ccc(C(=O)NC3CCNCC3)cc2)nc2ccsc12)S(C)(=O)=O. The average molecular weight is 552 g/mol. The molecule has 38 heavy (non-hydrogen) atoms. The number of piperidine rings is 1. The highest BCUT2D eigenvalue weighted by Crippen LogP contribution is 2.34. The maximum atomic E-state index is 12.6. The van der Waals surface area contributed by atoms with Crippen LogP contribution in [-0.4, -0.2) is 56.7 Å². The molecule has 0 spiro atoms. The molecule has 0 aliphatic carbocycles. The van der Waals surface area contributed by atoms with Crippen molar-refractivity contribution < 1.29 is 13.2 Å². The minimum absolute atomic E-state index is 0.0800. The van der Waals surface area contributed by atoms with E-state index in [0.29, 0.717) is 28.7 Å². The largest absolute Gasteiger partial charge is 0.349 e. The first-order chi connectivity index (χ1) is 18.3. The normalized spacial score (nSPS) is 14.3. The average Bonchev–Trinajstić information content (AvgIpc) is 3.38. The van der Waals surface area contributed by atoms with Crippen molar-refractivity contribution in [2.24, 2.45) is 0 Å². The summed E-state index contributed by atoms with van der Waals surface area (Å²) in [5.41, 5.74) is 3.19. The summed E-state index contributed by atoms with van der Waals surface area (Å²) in [6.45, 7) is 1.83. The van der Waals surface area contributed by atoms with Gasteiger partial charge in [-0.1, -0.05) is 12.1 Å². The molecule has 0 atom stereocenters. The number of hydrogen-bond acceptors (Lipinski definition) is 9. The van der Waals surface area contributed by atoms with Gasteiger partial charge in [-0.25, -0.2) is 13.4 Å². The van der Waals surface area contributed by atoms with Gasteiger partial charge >= 0.3 is 0 Å². The Morgan fingerprint density at radius 1 is 1.03 bits per heavy atom. The van der Waals surface area contributed by atoms with Crippen LogP contribution in [0.3, 0.4) is 0 Å². The number of sulfonamides is 1. The van der Waals surface area contributed by atoms with Crippen molar-refractivity contribution in [1.29, 1.82) is 0 Å². The lowest BCUT2D eigenvalue weighted by Crippen LogP contribution is -2.42. The molecular weight excluding hydrogens is 522 g/mol. The van der Waals surface area contributed by atoms with Crippen LogP contribution in [0.15, 0.2) is 60.0 Å². The topological polar surface area (TPSA) is 128 Å². The molecule has 10 nitrogen and oxygen atoms in total. The molecule has 4 aromatic rings. The Labute approximate surface area is 225 Å². The zero-order chi connectivity index (χ0) is 26.7. The van der Waals surface area contributed by atoms with Gasteiger partial charge < -0.3 is 21.3 Å². The Bertz CT molecular complexity index is 1550. The van der Waals surface area contributed by atoms with Crippen LogP contribution in [0, 0.1) is 0 Å². The summed E-state index contributed by atoms with van der Waals surface area (Å²) < 4.78 is 26.4. The molecule has 0 unspecified atom stereocenters. The quantitative estimate of drug-likeness (QED) is 0.258. The van der Waals surface area contributed by atoms with E-state index in [4.69, 9.17) is 0 Å². The molecule has 0 bridgehead atoms. The van der Waals surface area contributed by atoms with Crippen LogP contribution in [0.1, 0.15) is 23.2 Å². The van der Waals surface area contributed by atoms with Crippen molar-refractivity contribution in [1.82, 2.24) is 20.6 Å². The van der Waals surface area contributed by atoms with Crippen molar-refractivity contribution in [2.75, 3.05) is 41.3 Å². The number of nitrogens with one attached hydrogen (secondary N) is 4. The number of thiophene rings is 1. The van der Waals surface area contributed by atoms with Gasteiger partial charge in [0.05, 0.1) is 27.8 Å². The van der Waals surface area contributed by atoms with E-state index in [0.717, 1.165) is 48.1 Å². The van der Waals surface area contributed by atoms with E-state index in [1.165, 1.54) is 22.7 Å². The van der Waals surface area contributed by atoms with Crippen LogP contribution >= 0.6 is 11.3 Å². The van der Waals surface area contributed by atoms with Gasteiger partial charge in [-0.05, 0) is 73.8 Å². The van der Waals surface area contributed by atoms with E-state index < -0.39 is 10.0 Å². The molecule has 0 radical (unpaired) electrons. The zero-order valence-corrected chi connectivity index (χ0v) is 22.7. The molecule has 1 amide bonds. The number of anilines is 5. The van der Waals surface area contributed by atoms with Gasteiger partial charge in [0.2, 0.25) is 16.0 Å². The van der Waals surface area contributed by atoms with Crippen LogP contribution in [-0.2, 0) is 10.0 Å². The molecule has 3 heterocycles. The highest BCUT2D eigenvalue weighted by molar-refractivity contribution is 7.92. The fraction of sp³-hybridized carbons (Fsp3) is 0.269. The molecule has 4 N–H and O–H groups in total. The summed E-state index contributed by atoms with van der Waals surface area (Å²) in [7, 11) is -1.94. The molecule has 12 heteroatoms. The zero-order valence-electron chi connectivity index (χ0n) is 21.1. The van der Waals surface area contributed by atoms with E-state index in [2.05, 4.69) is 31.2 Å². The van der Waals surface area contributed by atoms with Gasteiger partial charge in [-0.2, -0.15) is 4.98 Å². The summed E-state index contributed by atoms with van der Waals surface area (Å²) in [5.74, 6) is 0.850. The maximum absolute atomic E-state index is 12.6. The second-order valence-electron chi connectivity index (χ2n) is 9.10. The first-order valence-electron chi connectivity index (χ1n) is 12.2. The molecule has 2 aromatic heterocycles. The van der Waals surface area contributed by atoms with E-state index in [1.54, 1.807) is 30.3 Å². The predicted molar refractivity (Wildman–Crippen MR) is 153 cm³/mol. The number of benzene rings is 2. The Balaban J connectivity index is 1.36. The van der Waals surface area contributed by atoms with Crippen LogP contribution in [0.5, 0.6) is 0 Å². The Hall–Kier alpha value is -3.74. The monoisotopic (exact) mass is 551 g/mol. The predicted octanol–water partition coefficient (Wildman–Crippen LogP) is 4.06. The lowest BCUT2D eigenvalue weighted by molar-refractivity contribution is 0.0929. The molecule has 198 valence electrons. The number of nitrogens with zero attached hydrogens (tertiary/aromatic N) is 3. The Morgan fingerprint density at radius 2 is 1.76 bits per heavy atom. The summed E-state index contributed by atoms with van der Waals surface area (Å²) in [6.07, 6.45) is 3.02. The first-order valence-corrected chi connectivity index (χ1v) is 14.9. The van der Waals surface area contributed by atoms with Crippen LogP contribution < -0.4 is 25.6 Å². The third kappa shape index (κ3) is 5.87. The molecule has 0 saturated carbocycles. The molecule has 5 rings (SSSR count). The maximum Gasteiger partial charge on any atom is 0.251 e. The minimum Gasteiger partial charge on any atom is -0.349 e. The number of para-hydroxylation sites is 2. The van der Waals surface area contributed by atoms with Crippen LogP contribution in [0.4, 0.5) is 28.8 Å².